The number of hydrogen-bond acceptors (Lipinski definition) is 6. The van der Waals surface area contributed by atoms with E-state index in [9.17, 15) is 18.0 Å². The smallest absolute Gasteiger partial charge is 0.257 e. The predicted molar refractivity (Wildman–Crippen MR) is 129 cm³/mol. The SMILES string of the molecule is NS(=O)(=O)c1ccc(N2C3=C(C(=O)CCC3)C(c3ccc(Cl)cc3Cl)c3c2nc[nH]c3=O)cc1. The number of nitrogens with two attached hydrogens (primary N) is 1. The Hall–Kier alpha value is -2.98. The van der Waals surface area contributed by atoms with Crippen LogP contribution in [0.5, 0.6) is 0 Å². The van der Waals surface area contributed by atoms with Crippen molar-refractivity contribution in [3.05, 3.63) is 91.6 Å². The van der Waals surface area contributed by atoms with E-state index in [4.69, 9.17) is 28.3 Å². The van der Waals surface area contributed by atoms with E-state index in [2.05, 4.69) is 9.97 Å². The van der Waals surface area contributed by atoms with E-state index in [1.165, 1.54) is 18.5 Å². The maximum absolute atomic E-state index is 13.3. The van der Waals surface area contributed by atoms with Gasteiger partial charge in [0.2, 0.25) is 10.0 Å². The molecule has 1 atom stereocenters. The van der Waals surface area contributed by atoms with Gasteiger partial charge in [-0.05, 0) is 54.8 Å². The number of ketones is 1. The van der Waals surface area contributed by atoms with Gasteiger partial charge in [0.05, 0.1) is 16.8 Å². The fraction of sp³-hybridized carbons (Fsp3) is 0.174. The quantitative estimate of drug-likeness (QED) is 0.541. The average Bonchev–Trinajstić information content (AvgIpc) is 2.78. The van der Waals surface area contributed by atoms with Crippen molar-refractivity contribution in [2.24, 2.45) is 5.14 Å². The number of hydrogen-bond donors (Lipinski definition) is 2. The molecule has 0 spiro atoms. The van der Waals surface area contributed by atoms with Gasteiger partial charge in [0.15, 0.2) is 5.78 Å². The number of carbonyl (C=O) groups is 1. The average molecular weight is 517 g/mol. The topological polar surface area (TPSA) is 126 Å². The van der Waals surface area contributed by atoms with Crippen LogP contribution in [0.25, 0.3) is 0 Å². The molecule has 0 saturated heterocycles. The summed E-state index contributed by atoms with van der Waals surface area (Å²) in [5, 5.41) is 6.01. The molecule has 2 heterocycles. The Balaban J connectivity index is 1.80. The van der Waals surface area contributed by atoms with Crippen LogP contribution in [-0.4, -0.2) is 24.2 Å². The fourth-order valence-corrected chi connectivity index (χ4v) is 5.66. The minimum Gasteiger partial charge on any atom is -0.313 e. The lowest BCUT2D eigenvalue weighted by Gasteiger charge is -2.39. The van der Waals surface area contributed by atoms with E-state index >= 15 is 0 Å². The van der Waals surface area contributed by atoms with Crippen LogP contribution in [0.4, 0.5) is 11.5 Å². The van der Waals surface area contributed by atoms with Crippen molar-refractivity contribution in [2.75, 3.05) is 4.90 Å². The molecule has 2 aliphatic rings. The number of fused-ring (bicyclic) bond motifs is 1. The van der Waals surface area contributed by atoms with Crippen molar-refractivity contribution in [1.29, 1.82) is 0 Å². The van der Waals surface area contributed by atoms with Gasteiger partial charge in [0.1, 0.15) is 5.82 Å². The summed E-state index contributed by atoms with van der Waals surface area (Å²) in [7, 11) is -3.88. The molecule has 1 aliphatic carbocycles. The Morgan fingerprint density at radius 3 is 2.47 bits per heavy atom. The highest BCUT2D eigenvalue weighted by Gasteiger charge is 2.42. The lowest BCUT2D eigenvalue weighted by Crippen LogP contribution is -2.37. The Morgan fingerprint density at radius 1 is 1.06 bits per heavy atom. The summed E-state index contributed by atoms with van der Waals surface area (Å²) in [5.41, 5.74) is 2.17. The van der Waals surface area contributed by atoms with E-state index < -0.39 is 21.5 Å². The summed E-state index contributed by atoms with van der Waals surface area (Å²) < 4.78 is 23.4. The first kappa shape index (κ1) is 22.8. The van der Waals surface area contributed by atoms with Gasteiger partial charge in [0, 0.05) is 39.3 Å². The molecule has 174 valence electrons. The molecule has 0 fully saturated rings. The Bertz CT molecular complexity index is 1530. The van der Waals surface area contributed by atoms with Crippen molar-refractivity contribution in [1.82, 2.24) is 9.97 Å². The summed E-state index contributed by atoms with van der Waals surface area (Å²) in [6, 6.07) is 10.9. The van der Waals surface area contributed by atoms with Gasteiger partial charge in [-0.3, -0.25) is 14.5 Å². The fourth-order valence-electron chi connectivity index (χ4n) is 4.63. The molecule has 3 aromatic rings. The molecule has 0 amide bonds. The zero-order chi connectivity index (χ0) is 24.2. The number of H-pyrrole nitrogens is 1. The third kappa shape index (κ3) is 3.74. The second-order valence-electron chi connectivity index (χ2n) is 8.08. The second kappa shape index (κ2) is 8.35. The third-order valence-corrected chi connectivity index (χ3v) is 7.54. The molecule has 0 radical (unpaired) electrons. The van der Waals surface area contributed by atoms with Gasteiger partial charge in [-0.15, -0.1) is 0 Å². The highest BCUT2D eigenvalue weighted by Crippen LogP contribution is 2.50. The molecule has 11 heteroatoms. The molecule has 1 unspecified atom stereocenters. The summed E-state index contributed by atoms with van der Waals surface area (Å²) in [6.45, 7) is 0. The number of allylic oxidation sites excluding steroid dienone is 2. The molecule has 2 aromatic carbocycles. The van der Waals surface area contributed by atoms with E-state index in [-0.39, 0.29) is 16.2 Å². The Morgan fingerprint density at radius 2 is 1.79 bits per heavy atom. The van der Waals surface area contributed by atoms with Crippen molar-refractivity contribution in [3.8, 4) is 0 Å². The summed E-state index contributed by atoms with van der Waals surface area (Å²) in [5.74, 6) is -0.464. The number of sulfonamides is 1. The van der Waals surface area contributed by atoms with Crippen LogP contribution in [0.15, 0.2) is 69.8 Å². The van der Waals surface area contributed by atoms with E-state index in [0.717, 1.165) is 0 Å². The van der Waals surface area contributed by atoms with E-state index in [0.29, 0.717) is 57.6 Å². The number of aromatic nitrogens is 2. The number of rotatable bonds is 3. The van der Waals surface area contributed by atoms with Crippen LogP contribution >= 0.6 is 23.2 Å². The minimum atomic E-state index is -3.88. The van der Waals surface area contributed by atoms with Gasteiger partial charge >= 0.3 is 0 Å². The van der Waals surface area contributed by atoms with Crippen molar-refractivity contribution in [3.63, 3.8) is 0 Å². The maximum Gasteiger partial charge on any atom is 0.257 e. The number of nitrogens with one attached hydrogen (secondary N) is 1. The molecule has 5 rings (SSSR count). The highest BCUT2D eigenvalue weighted by atomic mass is 35.5. The van der Waals surface area contributed by atoms with Gasteiger partial charge < -0.3 is 4.98 Å². The van der Waals surface area contributed by atoms with Crippen LogP contribution < -0.4 is 15.6 Å². The van der Waals surface area contributed by atoms with Crippen LogP contribution in [0, 0.1) is 0 Å². The zero-order valence-corrected chi connectivity index (χ0v) is 19.9. The second-order valence-corrected chi connectivity index (χ2v) is 10.5. The van der Waals surface area contributed by atoms with Crippen LogP contribution in [-0.2, 0) is 14.8 Å². The summed E-state index contributed by atoms with van der Waals surface area (Å²) >= 11 is 12.6. The standard InChI is InChI=1S/C23H18Cl2N4O4S/c24-12-4-9-15(16(25)10-12)19-20-17(2-1-3-18(20)30)29(22-21(19)23(31)28-11-27-22)13-5-7-14(8-6-13)34(26,32)33/h4-11,19H,1-3H2,(H2,26,32,33)(H,27,28,31). The monoisotopic (exact) mass is 516 g/mol. The van der Waals surface area contributed by atoms with E-state index in [1.54, 1.807) is 35.2 Å². The number of aromatic amines is 1. The van der Waals surface area contributed by atoms with Crippen molar-refractivity contribution in [2.45, 2.75) is 30.1 Å². The number of carbonyl (C=O) groups excluding carboxylic acids is 1. The van der Waals surface area contributed by atoms with Gasteiger partial charge in [-0.1, -0.05) is 29.3 Å². The van der Waals surface area contributed by atoms with Gasteiger partial charge in [-0.25, -0.2) is 18.5 Å². The van der Waals surface area contributed by atoms with Crippen LogP contribution in [0.1, 0.15) is 36.3 Å². The molecule has 1 aromatic heterocycles. The third-order valence-electron chi connectivity index (χ3n) is 6.05. The molecular formula is C23H18Cl2N4O4S. The molecule has 8 nitrogen and oxygen atoms in total. The molecule has 34 heavy (non-hydrogen) atoms. The van der Waals surface area contributed by atoms with Crippen molar-refractivity contribution >= 4 is 50.5 Å². The summed E-state index contributed by atoms with van der Waals surface area (Å²) in [6.07, 6.45) is 2.83. The zero-order valence-electron chi connectivity index (χ0n) is 17.6. The molecule has 1 aliphatic heterocycles. The van der Waals surface area contributed by atoms with E-state index in [1.807, 2.05) is 0 Å². The first-order valence-electron chi connectivity index (χ1n) is 10.4. The molecule has 0 saturated carbocycles. The number of halogens is 2. The molecular weight excluding hydrogens is 499 g/mol. The maximum atomic E-state index is 13.3. The molecule has 3 N–H and O–H groups in total. The van der Waals surface area contributed by atoms with Crippen molar-refractivity contribution < 1.29 is 13.2 Å². The number of primary sulfonamides is 1. The minimum absolute atomic E-state index is 0.0490. The Kier molecular flexibility index (Phi) is 5.60. The van der Waals surface area contributed by atoms with Crippen LogP contribution in [0.2, 0.25) is 10.0 Å². The Labute approximate surface area is 205 Å². The normalized spacial score (nSPS) is 18.0. The lowest BCUT2D eigenvalue weighted by molar-refractivity contribution is -0.116. The molecule has 0 bridgehead atoms. The highest BCUT2D eigenvalue weighted by molar-refractivity contribution is 7.89. The van der Waals surface area contributed by atoms with Gasteiger partial charge in [-0.2, -0.15) is 0 Å². The summed E-state index contributed by atoms with van der Waals surface area (Å²) in [4.78, 5) is 35.2. The largest absolute Gasteiger partial charge is 0.313 e. The number of nitrogens with zero attached hydrogens (tertiary/aromatic N) is 2. The number of benzene rings is 2. The predicted octanol–water partition coefficient (Wildman–Crippen LogP) is 4.01. The lowest BCUT2D eigenvalue weighted by atomic mass is 9.75. The number of anilines is 2. The first-order valence-corrected chi connectivity index (χ1v) is 12.7. The first-order chi connectivity index (χ1) is 16.2. The van der Waals surface area contributed by atoms with Gasteiger partial charge in [0.25, 0.3) is 5.56 Å². The number of Topliss-reactive ketones (excluding diaryl/α,β-unsaturated/α-hetero) is 1. The van der Waals surface area contributed by atoms with Crippen LogP contribution in [0.3, 0.4) is 0 Å².